The summed E-state index contributed by atoms with van der Waals surface area (Å²) in [6.07, 6.45) is -4.09. The van der Waals surface area contributed by atoms with Crippen LogP contribution >= 0.6 is 0 Å². The summed E-state index contributed by atoms with van der Waals surface area (Å²) in [6.45, 7) is 4.59. The zero-order valence-electron chi connectivity index (χ0n) is 25.8. The summed E-state index contributed by atoms with van der Waals surface area (Å²) < 4.78 is 53.7. The number of nitrogen functional groups attached to an aromatic ring is 1. The molecule has 46 heavy (non-hydrogen) atoms. The first-order valence-electron chi connectivity index (χ1n) is 15.5. The standard InChI is InChI=1S/C33H37F3N6O4/c1-3-45-30(44)25-18-32(19-38-25)11-14-42(15-12-32)26-17-27(40-31(37)39-26)46-28(33(34,35)36)21-6-4-20(5-7-21)22-8-9-24-23(16-22)10-13-41(2)29(24)43/h4-9,16-17,25,28,38H,3,10-15,18-19H2,1-2H3,(H2,37,39,40)/t25-,28+/m0/s1. The Bertz CT molecular complexity index is 1610. The topological polar surface area (TPSA) is 123 Å². The van der Waals surface area contributed by atoms with E-state index in [1.807, 2.05) is 11.0 Å². The van der Waals surface area contributed by atoms with E-state index in [0.29, 0.717) is 57.0 Å². The molecule has 3 aliphatic heterocycles. The second-order valence-electron chi connectivity index (χ2n) is 12.3. The second kappa shape index (κ2) is 12.4. The molecule has 0 aliphatic carbocycles. The number of aromatic nitrogens is 2. The highest BCUT2D eigenvalue weighted by Crippen LogP contribution is 2.42. The van der Waals surface area contributed by atoms with Crippen LogP contribution in [-0.2, 0) is 16.0 Å². The van der Waals surface area contributed by atoms with E-state index in [1.54, 1.807) is 43.1 Å². The van der Waals surface area contributed by atoms with Crippen molar-refractivity contribution in [2.45, 2.75) is 50.9 Å². The summed E-state index contributed by atoms with van der Waals surface area (Å²) >= 11 is 0. The summed E-state index contributed by atoms with van der Waals surface area (Å²) in [6, 6.07) is 12.6. The normalized spacial score (nSPS) is 20.0. The molecule has 0 radical (unpaired) electrons. The fourth-order valence-corrected chi connectivity index (χ4v) is 6.65. The second-order valence-corrected chi connectivity index (χ2v) is 12.3. The number of fused-ring (bicyclic) bond motifs is 1. The van der Waals surface area contributed by atoms with Crippen molar-refractivity contribution in [3.8, 4) is 17.0 Å². The lowest BCUT2D eigenvalue weighted by Crippen LogP contribution is -2.41. The Labute approximate surface area is 265 Å². The Kier molecular flexibility index (Phi) is 8.53. The van der Waals surface area contributed by atoms with E-state index in [0.717, 1.165) is 29.5 Å². The molecule has 0 unspecified atom stereocenters. The van der Waals surface area contributed by atoms with Crippen molar-refractivity contribution >= 4 is 23.6 Å². The number of piperidine rings is 1. The molecule has 10 nitrogen and oxygen atoms in total. The van der Waals surface area contributed by atoms with E-state index in [9.17, 15) is 22.8 Å². The van der Waals surface area contributed by atoms with Crippen molar-refractivity contribution in [2.75, 3.05) is 50.5 Å². The Hall–Kier alpha value is -4.39. The molecule has 4 heterocycles. The fraction of sp³-hybridized carbons (Fsp3) is 0.455. The third-order valence-electron chi connectivity index (χ3n) is 9.27. The monoisotopic (exact) mass is 638 g/mol. The molecule has 244 valence electrons. The molecule has 3 N–H and O–H groups in total. The van der Waals surface area contributed by atoms with Crippen molar-refractivity contribution in [1.82, 2.24) is 20.2 Å². The van der Waals surface area contributed by atoms with Crippen LogP contribution in [0.2, 0.25) is 0 Å². The van der Waals surface area contributed by atoms with E-state index in [1.165, 1.54) is 18.2 Å². The lowest BCUT2D eigenvalue weighted by molar-refractivity contribution is -0.198. The number of rotatable bonds is 7. The number of carbonyl (C=O) groups excluding carboxylic acids is 2. The molecule has 0 saturated carbocycles. The number of hydrogen-bond donors (Lipinski definition) is 2. The van der Waals surface area contributed by atoms with Crippen LogP contribution < -0.4 is 20.7 Å². The molecule has 6 rings (SSSR count). The molecule has 1 spiro atoms. The van der Waals surface area contributed by atoms with Crippen LogP contribution in [0.4, 0.5) is 24.9 Å². The molecule has 2 fully saturated rings. The highest BCUT2D eigenvalue weighted by molar-refractivity contribution is 5.97. The zero-order chi connectivity index (χ0) is 32.6. The molecule has 1 amide bonds. The minimum atomic E-state index is -4.73. The summed E-state index contributed by atoms with van der Waals surface area (Å²) in [7, 11) is 1.76. The van der Waals surface area contributed by atoms with Gasteiger partial charge in [-0.25, -0.2) is 0 Å². The van der Waals surface area contributed by atoms with Crippen LogP contribution in [0.5, 0.6) is 5.88 Å². The number of likely N-dealkylation sites (N-methyl/N-ethyl adjacent to an activating group) is 1. The van der Waals surface area contributed by atoms with E-state index >= 15 is 0 Å². The number of anilines is 2. The SMILES string of the molecule is CCOC(=O)[C@@H]1CC2(CCN(c3cc(O[C@H](c4ccc(-c5ccc6c(c5)CCN(C)C6=O)cc4)C(F)(F)F)nc(N)n3)CC2)CN1. The predicted octanol–water partition coefficient (Wildman–Crippen LogP) is 4.55. The Morgan fingerprint density at radius 1 is 1.09 bits per heavy atom. The summed E-state index contributed by atoms with van der Waals surface area (Å²) in [5, 5.41) is 3.27. The molecule has 1 aromatic heterocycles. The molecule has 3 aromatic rings. The Morgan fingerprint density at radius 2 is 1.80 bits per heavy atom. The van der Waals surface area contributed by atoms with Gasteiger partial charge in [-0.05, 0) is 60.8 Å². The average molecular weight is 639 g/mol. The maximum absolute atomic E-state index is 14.3. The number of nitrogens with two attached hydrogens (primary N) is 1. The van der Waals surface area contributed by atoms with Gasteiger partial charge in [-0.3, -0.25) is 9.59 Å². The molecule has 13 heteroatoms. The first-order valence-corrected chi connectivity index (χ1v) is 15.5. The summed E-state index contributed by atoms with van der Waals surface area (Å²) in [4.78, 5) is 36.5. The van der Waals surface area contributed by atoms with E-state index in [2.05, 4.69) is 15.3 Å². The van der Waals surface area contributed by atoms with Gasteiger partial charge in [0.2, 0.25) is 17.9 Å². The number of nitrogens with one attached hydrogen (secondary N) is 1. The van der Waals surface area contributed by atoms with Crippen LogP contribution in [0.25, 0.3) is 11.1 Å². The molecular formula is C33H37F3N6O4. The zero-order valence-corrected chi connectivity index (χ0v) is 25.8. The number of hydrogen-bond acceptors (Lipinski definition) is 9. The van der Waals surface area contributed by atoms with Gasteiger partial charge in [0, 0.05) is 50.4 Å². The number of ether oxygens (including phenoxy) is 2. The van der Waals surface area contributed by atoms with Gasteiger partial charge < -0.3 is 30.3 Å². The van der Waals surface area contributed by atoms with Gasteiger partial charge in [-0.15, -0.1) is 0 Å². The molecule has 0 bridgehead atoms. The van der Waals surface area contributed by atoms with Crippen LogP contribution in [-0.4, -0.2) is 78.8 Å². The molecule has 3 aliphatic rings. The first-order chi connectivity index (χ1) is 21.9. The van der Waals surface area contributed by atoms with Crippen LogP contribution in [0.1, 0.15) is 53.8 Å². The predicted molar refractivity (Wildman–Crippen MR) is 165 cm³/mol. The van der Waals surface area contributed by atoms with Gasteiger partial charge >= 0.3 is 12.1 Å². The largest absolute Gasteiger partial charge is 0.465 e. The number of halogens is 3. The highest BCUT2D eigenvalue weighted by Gasteiger charge is 2.45. The quantitative estimate of drug-likeness (QED) is 0.359. The van der Waals surface area contributed by atoms with Gasteiger partial charge in [0.05, 0.1) is 6.61 Å². The lowest BCUT2D eigenvalue weighted by Gasteiger charge is -2.39. The van der Waals surface area contributed by atoms with Gasteiger partial charge in [0.15, 0.2) is 0 Å². The molecule has 2 atom stereocenters. The number of alkyl halides is 3. The molecule has 2 aromatic carbocycles. The van der Waals surface area contributed by atoms with E-state index in [-0.39, 0.29) is 40.7 Å². The third-order valence-corrected chi connectivity index (χ3v) is 9.27. The number of amides is 1. The van der Waals surface area contributed by atoms with Gasteiger partial charge in [-0.1, -0.05) is 36.4 Å². The molecule has 2 saturated heterocycles. The minimum absolute atomic E-state index is 0.0404. The first kappa shape index (κ1) is 31.6. The Morgan fingerprint density at radius 3 is 2.50 bits per heavy atom. The maximum Gasteiger partial charge on any atom is 0.429 e. The number of esters is 1. The van der Waals surface area contributed by atoms with Crippen LogP contribution in [0.3, 0.4) is 0 Å². The minimum Gasteiger partial charge on any atom is -0.465 e. The van der Waals surface area contributed by atoms with Crippen LogP contribution in [0.15, 0.2) is 48.5 Å². The van der Waals surface area contributed by atoms with Crippen molar-refractivity contribution in [1.29, 1.82) is 0 Å². The van der Waals surface area contributed by atoms with Gasteiger partial charge in [-0.2, -0.15) is 23.1 Å². The van der Waals surface area contributed by atoms with Gasteiger partial charge in [0.25, 0.3) is 5.91 Å². The Balaban J connectivity index is 1.16. The summed E-state index contributed by atoms with van der Waals surface area (Å²) in [5.41, 5.74) is 8.89. The smallest absolute Gasteiger partial charge is 0.429 e. The van der Waals surface area contributed by atoms with E-state index in [4.69, 9.17) is 15.2 Å². The lowest BCUT2D eigenvalue weighted by atomic mass is 9.76. The highest BCUT2D eigenvalue weighted by atomic mass is 19.4. The van der Waals surface area contributed by atoms with Crippen molar-refractivity contribution in [2.24, 2.45) is 5.41 Å². The number of carbonyl (C=O) groups is 2. The summed E-state index contributed by atoms with van der Waals surface area (Å²) in [5.74, 6) is -0.361. The van der Waals surface area contributed by atoms with Crippen molar-refractivity contribution in [3.05, 3.63) is 65.2 Å². The third kappa shape index (κ3) is 6.46. The van der Waals surface area contributed by atoms with Crippen molar-refractivity contribution in [3.63, 3.8) is 0 Å². The average Bonchev–Trinajstić information content (AvgIpc) is 3.45. The molecular weight excluding hydrogens is 601 g/mol. The van der Waals surface area contributed by atoms with E-state index < -0.39 is 12.3 Å². The maximum atomic E-state index is 14.3. The number of nitrogens with zero attached hydrogens (tertiary/aromatic N) is 4. The van der Waals surface area contributed by atoms with Crippen molar-refractivity contribution < 1.29 is 32.2 Å². The van der Waals surface area contributed by atoms with Gasteiger partial charge in [0.1, 0.15) is 11.9 Å². The number of benzene rings is 2. The van der Waals surface area contributed by atoms with Crippen LogP contribution in [0, 0.1) is 5.41 Å². The fourth-order valence-electron chi connectivity index (χ4n) is 6.65.